The smallest absolute Gasteiger partial charge is 0.325 e. The van der Waals surface area contributed by atoms with Crippen LogP contribution >= 0.6 is 0 Å². The highest BCUT2D eigenvalue weighted by molar-refractivity contribution is 5.89. The summed E-state index contributed by atoms with van der Waals surface area (Å²) in [7, 11) is 0. The van der Waals surface area contributed by atoms with Crippen molar-refractivity contribution in [1.29, 1.82) is 0 Å². The second-order valence-electron chi connectivity index (χ2n) is 22.9. The fourth-order valence-electron chi connectivity index (χ4n) is 10.4. The van der Waals surface area contributed by atoms with E-state index in [1.165, 1.54) is 116 Å². The zero-order valence-corrected chi connectivity index (χ0v) is 52.6. The van der Waals surface area contributed by atoms with E-state index in [0.29, 0.717) is 25.7 Å². The van der Waals surface area contributed by atoms with Gasteiger partial charge in [0.15, 0.2) is 18.5 Å². The van der Waals surface area contributed by atoms with Crippen molar-refractivity contribution in [3.05, 3.63) is 35.9 Å². The minimum atomic E-state index is -1.61. The third kappa shape index (κ3) is 38.1. The molecule has 3 amide bonds. The van der Waals surface area contributed by atoms with E-state index >= 15 is 0 Å². The van der Waals surface area contributed by atoms with Crippen LogP contribution in [0.15, 0.2) is 30.3 Å². The molecule has 1 fully saturated rings. The van der Waals surface area contributed by atoms with Crippen molar-refractivity contribution in [3.8, 4) is 0 Å². The summed E-state index contributed by atoms with van der Waals surface area (Å²) in [5.41, 5.74) is 0.743. The highest BCUT2D eigenvalue weighted by Crippen LogP contribution is 2.29. The Labute approximate surface area is 504 Å². The van der Waals surface area contributed by atoms with E-state index in [0.717, 1.165) is 90.0 Å². The number of hydrogen-bond acceptors (Lipinski definition) is 15. The minimum Gasteiger partial charge on any atom is -0.463 e. The summed E-state index contributed by atoms with van der Waals surface area (Å²) in [4.78, 5) is 106. The molecule has 0 aliphatic carbocycles. The Hall–Kier alpha value is -5.10. The number of benzene rings is 1. The molecule has 1 saturated heterocycles. The van der Waals surface area contributed by atoms with Crippen LogP contribution in [0.5, 0.6) is 0 Å². The molecule has 0 radical (unpaired) electrons. The van der Waals surface area contributed by atoms with Crippen LogP contribution in [0.2, 0.25) is 0 Å². The molecule has 0 spiro atoms. The highest BCUT2D eigenvalue weighted by Gasteiger charge is 2.52. The monoisotopic (exact) mass is 1190 g/mol. The van der Waals surface area contributed by atoms with Gasteiger partial charge in [0.2, 0.25) is 17.7 Å². The number of carbonyl (C=O) groups is 8. The van der Waals surface area contributed by atoms with Crippen LogP contribution in [-0.2, 0) is 78.1 Å². The van der Waals surface area contributed by atoms with E-state index in [1.54, 1.807) is 24.3 Å². The summed E-state index contributed by atoms with van der Waals surface area (Å²) >= 11 is 0. The largest absolute Gasteiger partial charge is 0.463 e. The van der Waals surface area contributed by atoms with Gasteiger partial charge in [-0.25, -0.2) is 0 Å². The number of amides is 3. The average Bonchev–Trinajstić information content (AvgIpc) is 1.89. The zero-order valence-electron chi connectivity index (χ0n) is 52.6. The molecule has 84 heavy (non-hydrogen) atoms. The van der Waals surface area contributed by atoms with Crippen LogP contribution in [0, 0.1) is 0 Å². The van der Waals surface area contributed by atoms with Gasteiger partial charge in [0.1, 0.15) is 44.1 Å². The fraction of sp³-hybridized carbons (Fsp3) is 0.788. The lowest BCUT2D eigenvalue weighted by atomic mass is 9.95. The van der Waals surface area contributed by atoms with Gasteiger partial charge in [-0.1, -0.05) is 231 Å². The molecule has 1 aliphatic heterocycles. The molecule has 2 rings (SSSR count). The van der Waals surface area contributed by atoms with Crippen molar-refractivity contribution in [3.63, 3.8) is 0 Å². The SMILES string of the molecule is CCCCCCCCCCCCCC(=O)N[C@@H](CO[C@@H]1O[C@H](COC(C)=O)[C@@H](OC(C)=O)[C@H](OC(C)=O)[C@H]1NC(=O)C[C@@H](CCCCCCCCCCC)OC(=O)CCCCCCCCCCCCC)C(=O)NCC(=O)OCc1ccccc1. The summed E-state index contributed by atoms with van der Waals surface area (Å²) in [6, 6.07) is 6.13. The first-order chi connectivity index (χ1) is 40.7. The van der Waals surface area contributed by atoms with Gasteiger partial charge < -0.3 is 49.1 Å². The molecule has 0 bridgehead atoms. The Morgan fingerprint density at radius 1 is 0.524 bits per heavy atom. The molecule has 7 atom stereocenters. The molecule has 480 valence electrons. The van der Waals surface area contributed by atoms with Gasteiger partial charge >= 0.3 is 29.8 Å². The quantitative estimate of drug-likeness (QED) is 0.0312. The second-order valence-corrected chi connectivity index (χ2v) is 22.9. The molecular formula is C66H111N3O15. The Balaban J connectivity index is 2.38. The van der Waals surface area contributed by atoms with E-state index in [2.05, 4.69) is 36.7 Å². The molecule has 1 heterocycles. The number of esters is 5. The van der Waals surface area contributed by atoms with Crippen LogP contribution in [-0.4, -0.2) is 110 Å². The molecule has 1 aromatic carbocycles. The van der Waals surface area contributed by atoms with Gasteiger partial charge in [-0.05, 0) is 31.2 Å². The molecule has 1 aromatic rings. The summed E-state index contributed by atoms with van der Waals surface area (Å²) in [6.07, 6.45) is 27.7. The number of nitrogens with one attached hydrogen (secondary N) is 3. The number of rotatable bonds is 51. The topological polar surface area (TPSA) is 237 Å². The number of hydrogen-bond donors (Lipinski definition) is 3. The van der Waals surface area contributed by atoms with Gasteiger partial charge in [-0.3, -0.25) is 38.4 Å². The van der Waals surface area contributed by atoms with Crippen LogP contribution in [0.4, 0.5) is 0 Å². The van der Waals surface area contributed by atoms with Crippen molar-refractivity contribution >= 4 is 47.6 Å². The van der Waals surface area contributed by atoms with Gasteiger partial charge in [-0.15, -0.1) is 0 Å². The van der Waals surface area contributed by atoms with Crippen molar-refractivity contribution in [2.75, 3.05) is 19.8 Å². The molecule has 18 heteroatoms. The van der Waals surface area contributed by atoms with Crippen molar-refractivity contribution in [2.45, 2.75) is 316 Å². The first kappa shape index (κ1) is 75.0. The van der Waals surface area contributed by atoms with E-state index in [-0.39, 0.29) is 25.9 Å². The predicted octanol–water partition coefficient (Wildman–Crippen LogP) is 12.6. The normalized spacial score (nSPS) is 17.3. The molecule has 0 saturated carbocycles. The molecule has 1 aliphatic rings. The number of ether oxygens (including phenoxy) is 7. The minimum absolute atomic E-state index is 0.0296. The lowest BCUT2D eigenvalue weighted by molar-refractivity contribution is -0.278. The van der Waals surface area contributed by atoms with Crippen molar-refractivity contribution in [1.82, 2.24) is 16.0 Å². The van der Waals surface area contributed by atoms with Crippen LogP contribution in [0.3, 0.4) is 0 Å². The van der Waals surface area contributed by atoms with Crippen LogP contribution in [0.25, 0.3) is 0 Å². The first-order valence-electron chi connectivity index (χ1n) is 32.7. The van der Waals surface area contributed by atoms with E-state index in [1.807, 2.05) is 6.07 Å². The highest BCUT2D eigenvalue weighted by atomic mass is 16.7. The molecule has 3 N–H and O–H groups in total. The van der Waals surface area contributed by atoms with Gasteiger partial charge in [0, 0.05) is 33.6 Å². The van der Waals surface area contributed by atoms with Crippen LogP contribution < -0.4 is 16.0 Å². The lowest BCUT2D eigenvalue weighted by Gasteiger charge is -2.45. The third-order valence-corrected chi connectivity index (χ3v) is 15.1. The fourth-order valence-corrected chi connectivity index (χ4v) is 10.4. The maximum atomic E-state index is 14.5. The first-order valence-corrected chi connectivity index (χ1v) is 32.7. The summed E-state index contributed by atoms with van der Waals surface area (Å²) < 4.78 is 40.9. The van der Waals surface area contributed by atoms with Gasteiger partial charge in [0.05, 0.1) is 13.0 Å². The number of carbonyl (C=O) groups excluding carboxylic acids is 8. The van der Waals surface area contributed by atoms with E-state index in [9.17, 15) is 38.4 Å². The Kier molecular flexibility index (Phi) is 43.8. The standard InChI is InChI=1S/C66H111N3O15/c1-7-10-13-16-19-22-24-27-30-33-39-44-58(73)68-56(65(77)67-47-61(76)79-48-54-41-36-35-37-42-54)49-80-66-62(64(82-53(6)72)63(81-52(5)71)57(84-66)50-78-51(4)70)69-59(74)46-55(43-38-32-29-26-21-18-15-12-9-3)83-60(75)45-40-34-31-28-25-23-20-17-14-11-8-2/h35-37,41-42,55-57,62-64,66H,7-34,38-40,43-50H2,1-6H3,(H,67,77)(H,68,73)(H,69,74)/t55-,56+,57-,62-,63-,64-,66-/m1/s1. The van der Waals surface area contributed by atoms with Crippen molar-refractivity contribution < 1.29 is 71.5 Å². The summed E-state index contributed by atoms with van der Waals surface area (Å²) in [5.74, 6) is -5.35. The van der Waals surface area contributed by atoms with Gasteiger partial charge in [-0.2, -0.15) is 0 Å². The average molecular weight is 1190 g/mol. The second kappa shape index (κ2) is 49.1. The third-order valence-electron chi connectivity index (χ3n) is 15.1. The van der Waals surface area contributed by atoms with E-state index < -0.39 is 110 Å². The Morgan fingerprint density at radius 3 is 1.50 bits per heavy atom. The van der Waals surface area contributed by atoms with E-state index in [4.69, 9.17) is 33.2 Å². The Morgan fingerprint density at radius 2 is 1.00 bits per heavy atom. The lowest BCUT2D eigenvalue weighted by Crippen LogP contribution is -2.67. The molecular weight excluding hydrogens is 1070 g/mol. The van der Waals surface area contributed by atoms with Crippen LogP contribution in [0.1, 0.15) is 272 Å². The summed E-state index contributed by atoms with van der Waals surface area (Å²) in [5, 5.41) is 8.14. The zero-order chi connectivity index (χ0) is 61.4. The maximum absolute atomic E-state index is 14.5. The predicted molar refractivity (Wildman–Crippen MR) is 324 cm³/mol. The molecule has 0 aromatic heterocycles. The summed E-state index contributed by atoms with van der Waals surface area (Å²) in [6.45, 7) is 8.36. The van der Waals surface area contributed by atoms with Crippen molar-refractivity contribution in [2.24, 2.45) is 0 Å². The molecule has 18 nitrogen and oxygen atoms in total. The molecule has 0 unspecified atom stereocenters. The maximum Gasteiger partial charge on any atom is 0.325 e. The Bertz CT molecular complexity index is 1950. The van der Waals surface area contributed by atoms with Gasteiger partial charge in [0.25, 0.3) is 0 Å². The number of unbranched alkanes of at least 4 members (excludes halogenated alkanes) is 28.